The Labute approximate surface area is 97.8 Å². The van der Waals surface area contributed by atoms with Crippen LogP contribution in [0.5, 0.6) is 0 Å². The molecule has 6 heteroatoms. The van der Waals surface area contributed by atoms with Crippen LogP contribution in [0.2, 0.25) is 0 Å². The van der Waals surface area contributed by atoms with E-state index in [0.717, 1.165) is 11.4 Å². The van der Waals surface area contributed by atoms with E-state index >= 15 is 0 Å². The molecule has 0 aliphatic heterocycles. The van der Waals surface area contributed by atoms with Crippen LogP contribution in [0, 0.1) is 20.8 Å². The molecule has 2 aromatic heterocycles. The second-order valence-electron chi connectivity index (χ2n) is 4.04. The van der Waals surface area contributed by atoms with Gasteiger partial charge in [-0.2, -0.15) is 5.10 Å². The average molecular weight is 236 g/mol. The van der Waals surface area contributed by atoms with Gasteiger partial charge in [0.1, 0.15) is 5.76 Å². The SMILES string of the molecule is Cc1cc(C)[n+](Cc2c(C(=O)O)noc2C)[nH]1. The molecule has 0 aliphatic carbocycles. The Balaban J connectivity index is 2.39. The second kappa shape index (κ2) is 4.04. The van der Waals surface area contributed by atoms with Crippen LogP contribution in [-0.2, 0) is 6.54 Å². The van der Waals surface area contributed by atoms with Crippen molar-refractivity contribution in [3.05, 3.63) is 34.5 Å². The Morgan fingerprint density at radius 3 is 2.76 bits per heavy atom. The van der Waals surface area contributed by atoms with Crippen LogP contribution in [0.25, 0.3) is 0 Å². The van der Waals surface area contributed by atoms with Crippen molar-refractivity contribution in [3.63, 3.8) is 0 Å². The fourth-order valence-corrected chi connectivity index (χ4v) is 1.79. The van der Waals surface area contributed by atoms with Crippen LogP contribution in [0.1, 0.15) is 33.2 Å². The molecule has 17 heavy (non-hydrogen) atoms. The number of carboxylic acids is 1. The highest BCUT2D eigenvalue weighted by Crippen LogP contribution is 2.13. The van der Waals surface area contributed by atoms with Gasteiger partial charge in [0.25, 0.3) is 0 Å². The molecule has 0 unspecified atom stereocenters. The van der Waals surface area contributed by atoms with E-state index in [2.05, 4.69) is 10.3 Å². The van der Waals surface area contributed by atoms with Crippen molar-refractivity contribution in [3.8, 4) is 0 Å². The lowest BCUT2D eigenvalue weighted by molar-refractivity contribution is -0.748. The van der Waals surface area contributed by atoms with Crippen LogP contribution in [0.15, 0.2) is 10.6 Å². The van der Waals surface area contributed by atoms with Crippen molar-refractivity contribution in [1.82, 2.24) is 10.3 Å². The fraction of sp³-hybridized carbons (Fsp3) is 0.364. The first kappa shape index (κ1) is 11.4. The van der Waals surface area contributed by atoms with Gasteiger partial charge in [-0.15, -0.1) is 4.68 Å². The van der Waals surface area contributed by atoms with E-state index in [1.165, 1.54) is 0 Å². The molecule has 0 spiro atoms. The molecule has 0 saturated heterocycles. The van der Waals surface area contributed by atoms with Gasteiger partial charge in [-0.25, -0.2) is 4.79 Å². The number of nitrogens with zero attached hydrogens (tertiary/aromatic N) is 2. The summed E-state index contributed by atoms with van der Waals surface area (Å²) in [5.41, 5.74) is 2.61. The molecular formula is C11H14N3O3+. The normalized spacial score (nSPS) is 10.8. The number of hydrogen-bond donors (Lipinski definition) is 2. The second-order valence-corrected chi connectivity index (χ2v) is 4.04. The molecular weight excluding hydrogens is 222 g/mol. The van der Waals surface area contributed by atoms with Gasteiger partial charge in [-0.1, -0.05) is 5.16 Å². The fourth-order valence-electron chi connectivity index (χ4n) is 1.79. The number of rotatable bonds is 3. The van der Waals surface area contributed by atoms with Crippen LogP contribution >= 0.6 is 0 Å². The number of aryl methyl sites for hydroxylation is 3. The van der Waals surface area contributed by atoms with E-state index in [0.29, 0.717) is 17.9 Å². The quantitative estimate of drug-likeness (QED) is 0.777. The van der Waals surface area contributed by atoms with Gasteiger partial charge in [-0.3, -0.25) is 0 Å². The first-order valence-corrected chi connectivity index (χ1v) is 5.23. The van der Waals surface area contributed by atoms with Gasteiger partial charge < -0.3 is 9.63 Å². The zero-order valence-corrected chi connectivity index (χ0v) is 9.94. The lowest BCUT2D eigenvalue weighted by Crippen LogP contribution is -2.39. The van der Waals surface area contributed by atoms with Crippen molar-refractivity contribution < 1.29 is 19.1 Å². The molecule has 0 bridgehead atoms. The van der Waals surface area contributed by atoms with Gasteiger partial charge >= 0.3 is 5.97 Å². The number of aromatic amines is 1. The molecule has 0 saturated carbocycles. The Morgan fingerprint density at radius 2 is 2.24 bits per heavy atom. The maximum absolute atomic E-state index is 11.0. The predicted molar refractivity (Wildman–Crippen MR) is 57.8 cm³/mol. The molecule has 0 fully saturated rings. The van der Waals surface area contributed by atoms with E-state index in [1.54, 1.807) is 6.92 Å². The van der Waals surface area contributed by atoms with Crippen molar-refractivity contribution in [2.45, 2.75) is 27.3 Å². The topological polar surface area (TPSA) is 83.0 Å². The van der Waals surface area contributed by atoms with Crippen LogP contribution < -0.4 is 4.68 Å². The largest absolute Gasteiger partial charge is 0.476 e. The molecule has 2 heterocycles. The van der Waals surface area contributed by atoms with E-state index in [9.17, 15) is 4.79 Å². The maximum Gasteiger partial charge on any atom is 0.358 e. The summed E-state index contributed by atoms with van der Waals surface area (Å²) in [7, 11) is 0. The van der Waals surface area contributed by atoms with Crippen LogP contribution in [-0.4, -0.2) is 21.3 Å². The summed E-state index contributed by atoms with van der Waals surface area (Å²) in [4.78, 5) is 11.0. The minimum Gasteiger partial charge on any atom is -0.476 e. The minimum atomic E-state index is -1.07. The number of carboxylic acid groups (broad SMARTS) is 1. The Hall–Kier alpha value is -2.11. The first-order chi connectivity index (χ1) is 7.99. The molecule has 0 atom stereocenters. The highest BCUT2D eigenvalue weighted by Gasteiger charge is 2.24. The molecule has 0 aromatic carbocycles. The molecule has 0 amide bonds. The summed E-state index contributed by atoms with van der Waals surface area (Å²) in [6.45, 7) is 6.02. The lowest BCUT2D eigenvalue weighted by Gasteiger charge is -1.95. The number of aromatic carboxylic acids is 1. The Morgan fingerprint density at radius 1 is 1.53 bits per heavy atom. The number of aromatic nitrogens is 3. The minimum absolute atomic E-state index is 0.0262. The number of hydrogen-bond acceptors (Lipinski definition) is 3. The van der Waals surface area contributed by atoms with Crippen LogP contribution in [0.3, 0.4) is 0 Å². The summed E-state index contributed by atoms with van der Waals surface area (Å²) >= 11 is 0. The number of H-pyrrole nitrogens is 1. The third kappa shape index (κ3) is 2.06. The highest BCUT2D eigenvalue weighted by molar-refractivity contribution is 5.87. The van der Waals surface area contributed by atoms with Gasteiger partial charge in [0.05, 0.1) is 11.3 Å². The molecule has 2 N–H and O–H groups in total. The number of carbonyl (C=O) groups is 1. The van der Waals surface area contributed by atoms with Gasteiger partial charge in [0, 0.05) is 13.0 Å². The number of nitrogens with one attached hydrogen (secondary N) is 1. The molecule has 2 rings (SSSR count). The smallest absolute Gasteiger partial charge is 0.358 e. The lowest BCUT2D eigenvalue weighted by atomic mass is 10.2. The zero-order valence-electron chi connectivity index (χ0n) is 9.94. The van der Waals surface area contributed by atoms with E-state index < -0.39 is 5.97 Å². The van der Waals surface area contributed by atoms with Crippen molar-refractivity contribution in [1.29, 1.82) is 0 Å². The molecule has 6 nitrogen and oxygen atoms in total. The summed E-state index contributed by atoms with van der Waals surface area (Å²) in [5, 5.41) is 15.7. The average Bonchev–Trinajstić information content (AvgIpc) is 2.73. The van der Waals surface area contributed by atoms with E-state index in [-0.39, 0.29) is 5.69 Å². The summed E-state index contributed by atoms with van der Waals surface area (Å²) < 4.78 is 6.78. The summed E-state index contributed by atoms with van der Waals surface area (Å²) in [6.07, 6.45) is 0. The van der Waals surface area contributed by atoms with Crippen molar-refractivity contribution in [2.75, 3.05) is 0 Å². The van der Waals surface area contributed by atoms with Crippen molar-refractivity contribution >= 4 is 5.97 Å². The standard InChI is InChI=1S/C11H13N3O3/c1-6-4-7(2)14(12-6)5-9-8(3)17-13-10(9)11(15)16/h4H,5H2,1-3H3,(H,15,16)/p+1. The molecule has 0 aliphatic rings. The van der Waals surface area contributed by atoms with Gasteiger partial charge in [-0.05, 0) is 13.8 Å². The third-order valence-electron chi connectivity index (χ3n) is 2.67. The third-order valence-corrected chi connectivity index (χ3v) is 2.67. The molecule has 0 radical (unpaired) electrons. The molecule has 90 valence electrons. The summed E-state index contributed by atoms with van der Waals surface area (Å²) in [6, 6.07) is 1.99. The zero-order chi connectivity index (χ0) is 12.6. The van der Waals surface area contributed by atoms with Gasteiger partial charge in [0.2, 0.25) is 17.9 Å². The Kier molecular flexibility index (Phi) is 2.71. The monoisotopic (exact) mass is 236 g/mol. The van der Waals surface area contributed by atoms with Gasteiger partial charge in [0.15, 0.2) is 0 Å². The Bertz CT molecular complexity index is 569. The molecule has 2 aromatic rings. The highest BCUT2D eigenvalue weighted by atomic mass is 16.5. The summed E-state index contributed by atoms with van der Waals surface area (Å²) in [5.74, 6) is -0.542. The maximum atomic E-state index is 11.0. The van der Waals surface area contributed by atoms with E-state index in [1.807, 2.05) is 24.6 Å². The predicted octanol–water partition coefficient (Wildman–Crippen LogP) is 0.962. The van der Waals surface area contributed by atoms with Crippen molar-refractivity contribution in [2.24, 2.45) is 0 Å². The first-order valence-electron chi connectivity index (χ1n) is 5.23. The van der Waals surface area contributed by atoms with E-state index in [4.69, 9.17) is 9.63 Å². The van der Waals surface area contributed by atoms with Crippen LogP contribution in [0.4, 0.5) is 0 Å².